The van der Waals surface area contributed by atoms with Crippen LogP contribution in [0.5, 0.6) is 0 Å². The minimum atomic E-state index is -0.0861. The van der Waals surface area contributed by atoms with Crippen LogP contribution < -0.4 is 5.32 Å². The molecule has 0 aromatic carbocycles. The Bertz CT molecular complexity index is 206. The number of methoxy groups -OCH3 is 1. The van der Waals surface area contributed by atoms with E-state index >= 15 is 0 Å². The van der Waals surface area contributed by atoms with Crippen molar-refractivity contribution in [2.24, 2.45) is 0 Å². The van der Waals surface area contributed by atoms with Crippen LogP contribution >= 0.6 is 0 Å². The molecule has 0 unspecified atom stereocenters. The summed E-state index contributed by atoms with van der Waals surface area (Å²) in [6.07, 6.45) is 0.773. The fourth-order valence-electron chi connectivity index (χ4n) is 1.21. The molecule has 0 bridgehead atoms. The van der Waals surface area contributed by atoms with Gasteiger partial charge in [0.05, 0.1) is 13.1 Å². The van der Waals surface area contributed by atoms with E-state index in [-0.39, 0.29) is 24.9 Å². The van der Waals surface area contributed by atoms with Crippen LogP contribution in [-0.4, -0.2) is 50.1 Å². The largest absolute Gasteiger partial charge is 0.385 e. The molecule has 1 saturated heterocycles. The zero-order valence-corrected chi connectivity index (χ0v) is 7.71. The van der Waals surface area contributed by atoms with Gasteiger partial charge in [-0.3, -0.25) is 9.59 Å². The monoisotopic (exact) mass is 186 g/mol. The summed E-state index contributed by atoms with van der Waals surface area (Å²) in [6.45, 7) is 1.53. The predicted octanol–water partition coefficient (Wildman–Crippen LogP) is -1.02. The molecule has 0 radical (unpaired) electrons. The zero-order valence-electron chi connectivity index (χ0n) is 7.71. The van der Waals surface area contributed by atoms with E-state index in [9.17, 15) is 9.59 Å². The molecule has 0 atom stereocenters. The summed E-state index contributed by atoms with van der Waals surface area (Å²) in [6, 6.07) is 0. The van der Waals surface area contributed by atoms with Gasteiger partial charge in [-0.15, -0.1) is 0 Å². The lowest BCUT2D eigenvalue weighted by Gasteiger charge is -2.26. The number of carbonyl (C=O) groups excluding carboxylic acids is 2. The van der Waals surface area contributed by atoms with E-state index < -0.39 is 0 Å². The number of hydrogen-bond donors (Lipinski definition) is 1. The molecule has 1 heterocycles. The molecule has 5 heteroatoms. The van der Waals surface area contributed by atoms with E-state index in [4.69, 9.17) is 4.74 Å². The van der Waals surface area contributed by atoms with Gasteiger partial charge >= 0.3 is 0 Å². The number of carbonyl (C=O) groups is 2. The Morgan fingerprint density at radius 2 is 2.31 bits per heavy atom. The van der Waals surface area contributed by atoms with Crippen molar-refractivity contribution in [2.75, 3.05) is 33.4 Å². The van der Waals surface area contributed by atoms with Crippen LogP contribution in [-0.2, 0) is 14.3 Å². The Kier molecular flexibility index (Phi) is 3.70. The normalized spacial score (nSPS) is 17.5. The minimum absolute atomic E-state index is 0.0179. The van der Waals surface area contributed by atoms with Crippen molar-refractivity contribution in [2.45, 2.75) is 6.42 Å². The highest BCUT2D eigenvalue weighted by atomic mass is 16.5. The number of hydrogen-bond acceptors (Lipinski definition) is 3. The van der Waals surface area contributed by atoms with Gasteiger partial charge in [-0.1, -0.05) is 0 Å². The van der Waals surface area contributed by atoms with Gasteiger partial charge in [0.25, 0.3) is 0 Å². The molecule has 1 N–H and O–H groups in total. The predicted molar refractivity (Wildman–Crippen MR) is 46.1 cm³/mol. The van der Waals surface area contributed by atoms with Gasteiger partial charge < -0.3 is 15.0 Å². The second kappa shape index (κ2) is 4.81. The van der Waals surface area contributed by atoms with Crippen molar-refractivity contribution in [1.29, 1.82) is 0 Å². The summed E-state index contributed by atoms with van der Waals surface area (Å²) in [5.41, 5.74) is 0. The van der Waals surface area contributed by atoms with Gasteiger partial charge in [0.2, 0.25) is 11.8 Å². The fraction of sp³-hybridized carbons (Fsp3) is 0.750. The van der Waals surface area contributed by atoms with Crippen LogP contribution in [0.3, 0.4) is 0 Å². The molecule has 0 aliphatic carbocycles. The molecule has 0 aromatic rings. The van der Waals surface area contributed by atoms with Crippen LogP contribution in [0.15, 0.2) is 0 Å². The number of nitrogens with one attached hydrogen (secondary N) is 1. The quantitative estimate of drug-likeness (QED) is 0.572. The van der Waals surface area contributed by atoms with Crippen molar-refractivity contribution < 1.29 is 14.3 Å². The molecular weight excluding hydrogens is 172 g/mol. The zero-order chi connectivity index (χ0) is 9.68. The summed E-state index contributed by atoms with van der Waals surface area (Å²) in [4.78, 5) is 23.7. The van der Waals surface area contributed by atoms with E-state index in [0.29, 0.717) is 13.2 Å². The van der Waals surface area contributed by atoms with Crippen molar-refractivity contribution >= 4 is 11.8 Å². The number of ether oxygens (including phenoxy) is 1. The second-order valence-corrected chi connectivity index (χ2v) is 2.94. The van der Waals surface area contributed by atoms with Crippen LogP contribution in [0.4, 0.5) is 0 Å². The van der Waals surface area contributed by atoms with Crippen LogP contribution in [0.25, 0.3) is 0 Å². The van der Waals surface area contributed by atoms with Crippen LogP contribution in [0, 0.1) is 0 Å². The molecule has 1 aliphatic heterocycles. The van der Waals surface area contributed by atoms with Gasteiger partial charge in [-0.25, -0.2) is 0 Å². The highest BCUT2D eigenvalue weighted by Crippen LogP contribution is 1.97. The first-order chi connectivity index (χ1) is 6.24. The minimum Gasteiger partial charge on any atom is -0.385 e. The maximum Gasteiger partial charge on any atom is 0.242 e. The molecule has 74 valence electrons. The van der Waals surface area contributed by atoms with Gasteiger partial charge in [0.1, 0.15) is 0 Å². The molecule has 1 rings (SSSR count). The highest BCUT2D eigenvalue weighted by molar-refractivity contribution is 5.92. The lowest BCUT2D eigenvalue weighted by Crippen LogP contribution is -2.51. The molecule has 0 spiro atoms. The van der Waals surface area contributed by atoms with Gasteiger partial charge in [-0.05, 0) is 6.42 Å². The average molecular weight is 186 g/mol. The van der Waals surface area contributed by atoms with Crippen LogP contribution in [0.2, 0.25) is 0 Å². The van der Waals surface area contributed by atoms with Crippen molar-refractivity contribution in [3.05, 3.63) is 0 Å². The SMILES string of the molecule is COCCCN1CC(=O)NCC1=O. The molecule has 1 aliphatic rings. The lowest BCUT2D eigenvalue weighted by atomic mass is 10.3. The highest BCUT2D eigenvalue weighted by Gasteiger charge is 2.21. The Morgan fingerprint density at radius 1 is 1.54 bits per heavy atom. The maximum atomic E-state index is 11.2. The number of nitrogens with zero attached hydrogens (tertiary/aromatic N) is 1. The van der Waals surface area contributed by atoms with Crippen molar-refractivity contribution in [1.82, 2.24) is 10.2 Å². The van der Waals surface area contributed by atoms with Crippen molar-refractivity contribution in [3.63, 3.8) is 0 Å². The second-order valence-electron chi connectivity index (χ2n) is 2.94. The van der Waals surface area contributed by atoms with E-state index in [1.807, 2.05) is 0 Å². The first-order valence-electron chi connectivity index (χ1n) is 4.27. The van der Waals surface area contributed by atoms with E-state index in [2.05, 4.69) is 5.32 Å². The summed E-state index contributed by atoms with van der Waals surface area (Å²) in [5, 5.41) is 2.49. The topological polar surface area (TPSA) is 58.6 Å². The first-order valence-corrected chi connectivity index (χ1v) is 4.27. The van der Waals surface area contributed by atoms with E-state index in [0.717, 1.165) is 6.42 Å². The number of amides is 2. The molecule has 0 aromatic heterocycles. The standard InChI is InChI=1S/C8H14N2O3/c1-13-4-2-3-10-6-7(11)9-5-8(10)12/h2-6H2,1H3,(H,9,11). The van der Waals surface area contributed by atoms with Gasteiger partial charge in [0.15, 0.2) is 0 Å². The maximum absolute atomic E-state index is 11.2. The third-order valence-electron chi connectivity index (χ3n) is 1.90. The number of rotatable bonds is 4. The Hall–Kier alpha value is -1.10. The Morgan fingerprint density at radius 3 is 3.00 bits per heavy atom. The van der Waals surface area contributed by atoms with Gasteiger partial charge in [0, 0.05) is 20.3 Å². The summed E-state index contributed by atoms with van der Waals surface area (Å²) < 4.78 is 4.86. The summed E-state index contributed by atoms with van der Waals surface area (Å²) in [7, 11) is 1.62. The fourth-order valence-corrected chi connectivity index (χ4v) is 1.21. The average Bonchev–Trinajstić information content (AvgIpc) is 2.11. The van der Waals surface area contributed by atoms with Crippen molar-refractivity contribution in [3.8, 4) is 0 Å². The lowest BCUT2D eigenvalue weighted by molar-refractivity contribution is -0.140. The molecule has 1 fully saturated rings. The van der Waals surface area contributed by atoms with E-state index in [1.165, 1.54) is 0 Å². The molecule has 13 heavy (non-hydrogen) atoms. The first kappa shape index (κ1) is 9.98. The van der Waals surface area contributed by atoms with Gasteiger partial charge in [-0.2, -0.15) is 0 Å². The number of piperazine rings is 1. The summed E-state index contributed by atoms with van der Waals surface area (Å²) >= 11 is 0. The third kappa shape index (κ3) is 3.02. The Balaban J connectivity index is 2.29. The smallest absolute Gasteiger partial charge is 0.242 e. The molecular formula is C8H14N2O3. The third-order valence-corrected chi connectivity index (χ3v) is 1.90. The van der Waals surface area contributed by atoms with E-state index in [1.54, 1.807) is 12.0 Å². The van der Waals surface area contributed by atoms with Crippen LogP contribution in [0.1, 0.15) is 6.42 Å². The molecule has 2 amide bonds. The molecule has 5 nitrogen and oxygen atoms in total. The Labute approximate surface area is 77.0 Å². The molecule has 0 saturated carbocycles. The summed E-state index contributed by atoms with van der Waals surface area (Å²) in [5.74, 6) is -0.104.